The first-order chi connectivity index (χ1) is 12.5. The number of nitrogens with zero attached hydrogens (tertiary/aromatic N) is 2. The number of urea groups is 1. The Labute approximate surface area is 150 Å². The van der Waals surface area contributed by atoms with Crippen LogP contribution in [0.2, 0.25) is 0 Å². The van der Waals surface area contributed by atoms with Crippen molar-refractivity contribution in [2.45, 2.75) is 12.5 Å². The number of anilines is 1. The number of amides is 2. The summed E-state index contributed by atoms with van der Waals surface area (Å²) >= 11 is 0. The van der Waals surface area contributed by atoms with E-state index in [9.17, 15) is 14.3 Å². The van der Waals surface area contributed by atoms with Gasteiger partial charge in [-0.25, -0.2) is 9.18 Å². The van der Waals surface area contributed by atoms with Crippen molar-refractivity contribution < 1.29 is 14.3 Å². The van der Waals surface area contributed by atoms with Crippen molar-refractivity contribution in [1.82, 2.24) is 4.90 Å². The Morgan fingerprint density at radius 1 is 1.15 bits per heavy atom. The molecule has 2 aromatic carbocycles. The second-order valence-corrected chi connectivity index (χ2v) is 6.10. The Morgan fingerprint density at radius 2 is 1.92 bits per heavy atom. The molecule has 3 rings (SSSR count). The van der Waals surface area contributed by atoms with Crippen LogP contribution in [0.4, 0.5) is 14.9 Å². The Bertz CT molecular complexity index is 847. The van der Waals surface area contributed by atoms with Crippen molar-refractivity contribution in [3.05, 3.63) is 59.4 Å². The molecule has 134 valence electrons. The first kappa shape index (κ1) is 17.6. The number of carbonyl (C=O) groups is 1. The minimum atomic E-state index is -0.574. The van der Waals surface area contributed by atoms with Crippen LogP contribution in [0.5, 0.6) is 5.75 Å². The molecule has 0 radical (unpaired) electrons. The summed E-state index contributed by atoms with van der Waals surface area (Å²) in [5.41, 5.74) is 1.49. The molecule has 1 aliphatic heterocycles. The highest BCUT2D eigenvalue weighted by molar-refractivity contribution is 5.94. The van der Waals surface area contributed by atoms with Crippen LogP contribution >= 0.6 is 0 Å². The van der Waals surface area contributed by atoms with E-state index >= 15 is 0 Å². The molecule has 0 saturated carbocycles. The fourth-order valence-electron chi connectivity index (χ4n) is 3.02. The third-order valence-corrected chi connectivity index (χ3v) is 4.39. The molecule has 7 heteroatoms. The molecule has 2 aromatic rings. The van der Waals surface area contributed by atoms with E-state index in [1.54, 1.807) is 29.2 Å². The van der Waals surface area contributed by atoms with E-state index < -0.39 is 11.7 Å². The smallest absolute Gasteiger partial charge is 0.325 e. The highest BCUT2D eigenvalue weighted by Gasteiger charge is 2.31. The van der Waals surface area contributed by atoms with Gasteiger partial charge in [0.15, 0.2) is 0 Å². The molecular formula is C19H19FN4O2. The normalized spacial score (nSPS) is 15.2. The lowest BCUT2D eigenvalue weighted by Crippen LogP contribution is -2.32. The number of hydrogen-bond acceptors (Lipinski definition) is 4. The average molecular weight is 354 g/mol. The summed E-state index contributed by atoms with van der Waals surface area (Å²) < 4.78 is 14.5. The number of benzene rings is 2. The molecule has 2 amide bonds. The maximum atomic E-state index is 14.5. The topological polar surface area (TPSA) is 91.5 Å². The zero-order valence-corrected chi connectivity index (χ0v) is 14.0. The second-order valence-electron chi connectivity index (χ2n) is 6.10. The molecule has 0 unspecified atom stereocenters. The van der Waals surface area contributed by atoms with Crippen LogP contribution in [0.25, 0.3) is 0 Å². The second kappa shape index (κ2) is 7.35. The molecular weight excluding hydrogens is 335 g/mol. The number of rotatable bonds is 6. The van der Waals surface area contributed by atoms with Crippen LogP contribution in [-0.2, 0) is 6.54 Å². The van der Waals surface area contributed by atoms with Gasteiger partial charge in [-0.05, 0) is 35.4 Å². The van der Waals surface area contributed by atoms with Crippen molar-refractivity contribution in [2.24, 2.45) is 0 Å². The lowest BCUT2D eigenvalue weighted by atomic mass is 10.0. The van der Waals surface area contributed by atoms with E-state index in [1.165, 1.54) is 17.0 Å². The lowest BCUT2D eigenvalue weighted by molar-refractivity contribution is 0.218. The maximum absolute atomic E-state index is 14.5. The van der Waals surface area contributed by atoms with Crippen LogP contribution in [0.15, 0.2) is 42.5 Å². The minimum Gasteiger partial charge on any atom is -0.508 e. The largest absolute Gasteiger partial charge is 0.508 e. The lowest BCUT2D eigenvalue weighted by Gasteiger charge is -2.20. The van der Waals surface area contributed by atoms with Gasteiger partial charge in [0.25, 0.3) is 0 Å². The molecule has 6 nitrogen and oxygen atoms in total. The molecule has 0 bridgehead atoms. The predicted molar refractivity (Wildman–Crippen MR) is 98.0 cm³/mol. The van der Waals surface area contributed by atoms with Gasteiger partial charge in [0.1, 0.15) is 11.6 Å². The first-order valence-electron chi connectivity index (χ1n) is 8.18. The first-order valence-corrected chi connectivity index (χ1v) is 8.18. The SMILES string of the molecule is N=CC(C=N)c1ccc(N2CCN(Cc3cccc(O)c3)C2=O)c(F)c1. The summed E-state index contributed by atoms with van der Waals surface area (Å²) in [6, 6.07) is 10.8. The van der Waals surface area contributed by atoms with Crippen molar-refractivity contribution in [3.8, 4) is 5.75 Å². The van der Waals surface area contributed by atoms with Gasteiger partial charge < -0.3 is 20.8 Å². The van der Waals surface area contributed by atoms with Crippen molar-refractivity contribution in [2.75, 3.05) is 18.0 Å². The van der Waals surface area contributed by atoms with Gasteiger partial charge >= 0.3 is 6.03 Å². The zero-order valence-electron chi connectivity index (χ0n) is 14.0. The minimum absolute atomic E-state index is 0.139. The third kappa shape index (κ3) is 3.42. The van der Waals surface area contributed by atoms with Gasteiger partial charge in [-0.1, -0.05) is 18.2 Å². The van der Waals surface area contributed by atoms with E-state index in [4.69, 9.17) is 10.8 Å². The van der Waals surface area contributed by atoms with Crippen LogP contribution in [0, 0.1) is 16.6 Å². The molecule has 1 aliphatic rings. The summed E-state index contributed by atoms with van der Waals surface area (Å²) in [7, 11) is 0. The fraction of sp³-hybridized carbons (Fsp3) is 0.211. The van der Waals surface area contributed by atoms with Crippen molar-refractivity contribution in [1.29, 1.82) is 10.8 Å². The third-order valence-electron chi connectivity index (χ3n) is 4.39. The van der Waals surface area contributed by atoms with E-state index in [0.29, 0.717) is 25.2 Å². The number of phenols is 1. The van der Waals surface area contributed by atoms with E-state index in [2.05, 4.69) is 0 Å². The molecule has 0 aromatic heterocycles. The Kier molecular flexibility index (Phi) is 4.97. The fourth-order valence-corrected chi connectivity index (χ4v) is 3.02. The molecule has 0 atom stereocenters. The summed E-state index contributed by atoms with van der Waals surface area (Å²) in [6.07, 6.45) is 2.14. The molecule has 0 aliphatic carbocycles. The average Bonchev–Trinajstić information content (AvgIpc) is 2.97. The summed E-state index contributed by atoms with van der Waals surface area (Å²) in [5, 5.41) is 24.1. The van der Waals surface area contributed by atoms with Gasteiger partial charge in [0.05, 0.1) is 11.6 Å². The number of carbonyl (C=O) groups excluding carboxylic acids is 1. The number of halogens is 1. The predicted octanol–water partition coefficient (Wildman–Crippen LogP) is 3.36. The summed E-state index contributed by atoms with van der Waals surface area (Å²) in [5.74, 6) is -0.988. The number of hydrogen-bond donors (Lipinski definition) is 3. The Balaban J connectivity index is 1.77. The monoisotopic (exact) mass is 354 g/mol. The molecule has 3 N–H and O–H groups in total. The highest BCUT2D eigenvalue weighted by atomic mass is 19.1. The van der Waals surface area contributed by atoms with Crippen LogP contribution in [-0.4, -0.2) is 41.6 Å². The number of aromatic hydroxyl groups is 1. The van der Waals surface area contributed by atoms with Crippen LogP contribution < -0.4 is 4.90 Å². The zero-order chi connectivity index (χ0) is 18.7. The van der Waals surface area contributed by atoms with Gasteiger partial charge in [-0.15, -0.1) is 0 Å². The molecule has 1 fully saturated rings. The molecule has 1 saturated heterocycles. The Hall–Kier alpha value is -3.22. The highest BCUT2D eigenvalue weighted by Crippen LogP contribution is 2.27. The number of nitrogens with one attached hydrogen (secondary N) is 2. The summed E-state index contributed by atoms with van der Waals surface area (Å²) in [4.78, 5) is 15.6. The van der Waals surface area contributed by atoms with E-state index in [-0.39, 0.29) is 17.5 Å². The van der Waals surface area contributed by atoms with Gasteiger partial charge in [-0.3, -0.25) is 4.90 Å². The Morgan fingerprint density at radius 3 is 2.58 bits per heavy atom. The number of phenolic OH excluding ortho intramolecular Hbond substituents is 1. The molecule has 1 heterocycles. The van der Waals surface area contributed by atoms with Crippen LogP contribution in [0.3, 0.4) is 0 Å². The summed E-state index contributed by atoms with van der Waals surface area (Å²) in [6.45, 7) is 1.17. The van der Waals surface area contributed by atoms with Gasteiger partial charge in [0, 0.05) is 32.1 Å². The quantitative estimate of drug-likeness (QED) is 0.694. The van der Waals surface area contributed by atoms with Crippen LogP contribution in [0.1, 0.15) is 17.0 Å². The van der Waals surface area contributed by atoms with Crippen molar-refractivity contribution >= 4 is 24.1 Å². The van der Waals surface area contributed by atoms with Crippen molar-refractivity contribution in [3.63, 3.8) is 0 Å². The maximum Gasteiger partial charge on any atom is 0.325 e. The van der Waals surface area contributed by atoms with Gasteiger partial charge in [-0.2, -0.15) is 0 Å². The van der Waals surface area contributed by atoms with E-state index in [0.717, 1.165) is 18.0 Å². The van der Waals surface area contributed by atoms with E-state index in [1.807, 2.05) is 6.07 Å². The van der Waals surface area contributed by atoms with Gasteiger partial charge in [0.2, 0.25) is 0 Å². The molecule has 0 spiro atoms. The standard InChI is InChI=1S/C19H19FN4O2/c20-17-9-14(15(10-21)11-22)4-5-18(17)24-7-6-23(19(24)26)12-13-2-1-3-16(25)8-13/h1-5,8-11,15,21-22,25H,6-7,12H2. The molecule has 26 heavy (non-hydrogen) atoms.